The Hall–Kier alpha value is -1.18. The number of amides is 2. The minimum Gasteiger partial charge on any atom is -0.396 e. The van der Waals surface area contributed by atoms with Crippen LogP contribution in [0.5, 0.6) is 0 Å². The summed E-state index contributed by atoms with van der Waals surface area (Å²) in [5.41, 5.74) is 2.56. The third-order valence-electron chi connectivity index (χ3n) is 2.59. The number of aliphatic hydroxyl groups is 1. The van der Waals surface area contributed by atoms with Crippen molar-refractivity contribution in [2.24, 2.45) is 0 Å². The van der Waals surface area contributed by atoms with Gasteiger partial charge < -0.3 is 15.3 Å². The number of hydrazine groups is 1. The summed E-state index contributed by atoms with van der Waals surface area (Å²) in [6.45, 7) is 3.48. The number of hydrogen-bond donors (Lipinski definition) is 3. The summed E-state index contributed by atoms with van der Waals surface area (Å²) in [5, 5.41) is 12.7. The molecule has 1 heterocycles. The highest BCUT2D eigenvalue weighted by Crippen LogP contribution is 1.94. The molecule has 0 aromatic heterocycles. The topological polar surface area (TPSA) is 84.9 Å². The maximum absolute atomic E-state index is 11.4. The highest BCUT2D eigenvalue weighted by atomic mass is 16.3. The fourth-order valence-corrected chi connectivity index (χ4v) is 1.47. The quantitative estimate of drug-likeness (QED) is 0.385. The van der Waals surface area contributed by atoms with Gasteiger partial charge in [-0.05, 0) is 13.5 Å². The predicted octanol–water partition coefficient (Wildman–Crippen LogP) is -2.24. The van der Waals surface area contributed by atoms with E-state index in [2.05, 4.69) is 15.6 Å². The van der Waals surface area contributed by atoms with Crippen LogP contribution in [0.15, 0.2) is 0 Å². The number of nitrogens with zero attached hydrogens (tertiary/aromatic N) is 2. The van der Waals surface area contributed by atoms with E-state index in [1.165, 1.54) is 0 Å². The van der Waals surface area contributed by atoms with E-state index in [1.54, 1.807) is 5.01 Å². The van der Waals surface area contributed by atoms with E-state index in [9.17, 15) is 9.59 Å². The lowest BCUT2D eigenvalue weighted by molar-refractivity contribution is -0.142. The molecule has 98 valence electrons. The van der Waals surface area contributed by atoms with Crippen molar-refractivity contribution in [3.05, 3.63) is 0 Å². The number of aliphatic hydroxyl groups excluding tert-OH is 1. The predicted molar refractivity (Wildman–Crippen MR) is 61.9 cm³/mol. The molecule has 1 saturated heterocycles. The Kier molecular flexibility index (Phi) is 5.88. The van der Waals surface area contributed by atoms with E-state index in [0.717, 1.165) is 13.1 Å². The van der Waals surface area contributed by atoms with Crippen molar-refractivity contribution in [2.45, 2.75) is 6.42 Å². The van der Waals surface area contributed by atoms with E-state index < -0.39 is 11.8 Å². The minimum absolute atomic E-state index is 0.000356. The summed E-state index contributed by atoms with van der Waals surface area (Å²) in [7, 11) is 2.01. The molecule has 17 heavy (non-hydrogen) atoms. The van der Waals surface area contributed by atoms with Crippen LogP contribution < -0.4 is 10.7 Å². The van der Waals surface area contributed by atoms with Crippen molar-refractivity contribution >= 4 is 11.8 Å². The molecule has 7 nitrogen and oxygen atoms in total. The molecule has 1 rings (SSSR count). The van der Waals surface area contributed by atoms with Crippen LogP contribution in [0.1, 0.15) is 6.42 Å². The summed E-state index contributed by atoms with van der Waals surface area (Å²) >= 11 is 0. The fourth-order valence-electron chi connectivity index (χ4n) is 1.47. The van der Waals surface area contributed by atoms with Gasteiger partial charge in [0.05, 0.1) is 0 Å². The molecule has 0 aromatic carbocycles. The second-order valence-electron chi connectivity index (χ2n) is 4.06. The molecule has 0 spiro atoms. The molecule has 0 aliphatic carbocycles. The molecule has 3 N–H and O–H groups in total. The van der Waals surface area contributed by atoms with Crippen molar-refractivity contribution in [1.29, 1.82) is 0 Å². The van der Waals surface area contributed by atoms with Gasteiger partial charge in [0.2, 0.25) is 0 Å². The zero-order valence-electron chi connectivity index (χ0n) is 10.1. The van der Waals surface area contributed by atoms with Crippen molar-refractivity contribution in [3.63, 3.8) is 0 Å². The first-order valence-corrected chi connectivity index (χ1v) is 5.76. The highest BCUT2D eigenvalue weighted by Gasteiger charge is 2.19. The van der Waals surface area contributed by atoms with Crippen LogP contribution in [0.25, 0.3) is 0 Å². The Morgan fingerprint density at radius 2 is 1.82 bits per heavy atom. The molecule has 0 saturated carbocycles. The van der Waals surface area contributed by atoms with Crippen molar-refractivity contribution in [3.8, 4) is 0 Å². The van der Waals surface area contributed by atoms with Gasteiger partial charge in [0, 0.05) is 39.3 Å². The number of nitrogens with one attached hydrogen (secondary N) is 2. The van der Waals surface area contributed by atoms with Gasteiger partial charge in [-0.25, -0.2) is 5.01 Å². The molecule has 0 unspecified atom stereocenters. The number of likely N-dealkylation sites (N-methyl/N-ethyl adjacent to an activating group) is 1. The number of carbonyl (C=O) groups is 2. The number of rotatable bonds is 4. The van der Waals surface area contributed by atoms with Crippen molar-refractivity contribution < 1.29 is 14.7 Å². The van der Waals surface area contributed by atoms with Crippen molar-refractivity contribution in [1.82, 2.24) is 20.7 Å². The molecular weight excluding hydrogens is 224 g/mol. The molecule has 0 atom stereocenters. The standard InChI is InChI=1S/C10H20N4O3/c1-13-4-6-14(7-5-13)12-10(17)9(16)11-3-2-8-15/h15H,2-8H2,1H3,(H,11,16)(H,12,17). The Bertz CT molecular complexity index is 264. The first-order valence-electron chi connectivity index (χ1n) is 5.76. The largest absolute Gasteiger partial charge is 0.396 e. The smallest absolute Gasteiger partial charge is 0.323 e. The highest BCUT2D eigenvalue weighted by molar-refractivity contribution is 6.34. The fraction of sp³-hybridized carbons (Fsp3) is 0.800. The van der Waals surface area contributed by atoms with Gasteiger partial charge in [0.1, 0.15) is 0 Å². The van der Waals surface area contributed by atoms with E-state index in [1.807, 2.05) is 7.05 Å². The van der Waals surface area contributed by atoms with Gasteiger partial charge in [-0.15, -0.1) is 0 Å². The normalized spacial score (nSPS) is 17.8. The lowest BCUT2D eigenvalue weighted by atomic mass is 10.4. The zero-order chi connectivity index (χ0) is 12.7. The van der Waals surface area contributed by atoms with Crippen LogP contribution in [-0.4, -0.2) is 73.2 Å². The minimum atomic E-state index is -0.655. The average Bonchev–Trinajstić information content (AvgIpc) is 2.32. The van der Waals surface area contributed by atoms with Gasteiger partial charge in [-0.2, -0.15) is 0 Å². The average molecular weight is 244 g/mol. The van der Waals surface area contributed by atoms with Gasteiger partial charge in [-0.1, -0.05) is 0 Å². The Morgan fingerprint density at radius 1 is 1.18 bits per heavy atom. The molecule has 7 heteroatoms. The summed E-state index contributed by atoms with van der Waals surface area (Å²) in [4.78, 5) is 24.9. The Balaban J connectivity index is 2.21. The summed E-state index contributed by atoms with van der Waals surface area (Å²) in [6, 6.07) is 0. The van der Waals surface area contributed by atoms with Gasteiger partial charge in [0.25, 0.3) is 0 Å². The molecule has 1 fully saturated rings. The monoisotopic (exact) mass is 244 g/mol. The van der Waals surface area contributed by atoms with E-state index >= 15 is 0 Å². The van der Waals surface area contributed by atoms with Crippen LogP contribution in [0.2, 0.25) is 0 Å². The van der Waals surface area contributed by atoms with E-state index in [-0.39, 0.29) is 6.61 Å². The lowest BCUT2D eigenvalue weighted by Gasteiger charge is -2.32. The number of piperazine rings is 1. The van der Waals surface area contributed by atoms with E-state index in [4.69, 9.17) is 5.11 Å². The molecule has 1 aliphatic heterocycles. The summed E-state index contributed by atoms with van der Waals surface area (Å²) in [5.74, 6) is -1.30. The molecule has 1 aliphatic rings. The molecule has 2 amide bonds. The molecule has 0 radical (unpaired) electrons. The third-order valence-corrected chi connectivity index (χ3v) is 2.59. The maximum Gasteiger partial charge on any atom is 0.323 e. The second-order valence-corrected chi connectivity index (χ2v) is 4.06. The van der Waals surface area contributed by atoms with Crippen LogP contribution in [0.4, 0.5) is 0 Å². The molecule has 0 bridgehead atoms. The van der Waals surface area contributed by atoms with Gasteiger partial charge in [0.15, 0.2) is 0 Å². The summed E-state index contributed by atoms with van der Waals surface area (Å²) < 4.78 is 0. The van der Waals surface area contributed by atoms with E-state index in [0.29, 0.717) is 26.1 Å². The Morgan fingerprint density at radius 3 is 2.41 bits per heavy atom. The summed E-state index contributed by atoms with van der Waals surface area (Å²) in [6.07, 6.45) is 0.452. The first-order chi connectivity index (χ1) is 8.13. The van der Waals surface area contributed by atoms with Crippen LogP contribution in [0, 0.1) is 0 Å². The van der Waals surface area contributed by atoms with Crippen LogP contribution >= 0.6 is 0 Å². The van der Waals surface area contributed by atoms with Crippen LogP contribution in [-0.2, 0) is 9.59 Å². The zero-order valence-corrected chi connectivity index (χ0v) is 10.1. The van der Waals surface area contributed by atoms with Gasteiger partial charge in [-0.3, -0.25) is 15.0 Å². The number of carbonyl (C=O) groups excluding carboxylic acids is 2. The van der Waals surface area contributed by atoms with Crippen LogP contribution in [0.3, 0.4) is 0 Å². The molecule has 0 aromatic rings. The first kappa shape index (κ1) is 13.9. The SMILES string of the molecule is CN1CCN(NC(=O)C(=O)NCCCO)CC1. The lowest BCUT2D eigenvalue weighted by Crippen LogP contribution is -2.55. The van der Waals surface area contributed by atoms with Gasteiger partial charge >= 0.3 is 11.8 Å². The maximum atomic E-state index is 11.4. The Labute approximate surface area is 101 Å². The third kappa shape index (κ3) is 5.12. The second kappa shape index (κ2) is 7.21. The van der Waals surface area contributed by atoms with Crippen molar-refractivity contribution in [2.75, 3.05) is 46.4 Å². The molecular formula is C10H20N4O3. The number of hydrogen-bond acceptors (Lipinski definition) is 5.